The summed E-state index contributed by atoms with van der Waals surface area (Å²) in [7, 11) is 0. The smallest absolute Gasteiger partial charge is 0.293 e. The molecule has 1 aromatic heterocycles. The number of fused-ring (bicyclic) bond motifs is 1. The summed E-state index contributed by atoms with van der Waals surface area (Å²) in [5.74, 6) is -0.719. The van der Waals surface area contributed by atoms with Gasteiger partial charge in [0, 0.05) is 34.3 Å². The molecule has 0 amide bonds. The summed E-state index contributed by atoms with van der Waals surface area (Å²) in [6.07, 6.45) is 1.72. The minimum Gasteiger partial charge on any atom is -0.463 e. The standard InChI is InChI=1S/C17H13F2NO3/c1-10-13-4-5-20-16(13)7-15(19)17(10)23-12-2-3-14(18)11(6-12)8-22-9-21/h2-7,9,20H,8H2,1H3. The number of H-pyrrole nitrogens is 1. The molecule has 0 aliphatic rings. The Morgan fingerprint density at radius 1 is 1.17 bits per heavy atom. The van der Waals surface area contributed by atoms with Crippen LogP contribution in [0.5, 0.6) is 11.5 Å². The molecule has 0 radical (unpaired) electrons. The zero-order chi connectivity index (χ0) is 16.4. The Morgan fingerprint density at radius 3 is 2.78 bits per heavy atom. The molecule has 1 N–H and O–H groups in total. The van der Waals surface area contributed by atoms with Crippen LogP contribution in [0, 0.1) is 18.6 Å². The molecular formula is C17H13F2NO3. The van der Waals surface area contributed by atoms with E-state index in [1.165, 1.54) is 24.3 Å². The van der Waals surface area contributed by atoms with Gasteiger partial charge >= 0.3 is 0 Å². The molecule has 0 aliphatic carbocycles. The summed E-state index contributed by atoms with van der Waals surface area (Å²) in [6, 6.07) is 7.11. The first-order chi connectivity index (χ1) is 11.1. The number of ether oxygens (including phenoxy) is 2. The van der Waals surface area contributed by atoms with Gasteiger partial charge < -0.3 is 14.5 Å². The maximum Gasteiger partial charge on any atom is 0.293 e. The van der Waals surface area contributed by atoms with Gasteiger partial charge in [0.2, 0.25) is 0 Å². The number of benzene rings is 2. The van der Waals surface area contributed by atoms with Crippen LogP contribution in [0.3, 0.4) is 0 Å². The number of halogens is 2. The molecule has 0 spiro atoms. The number of carbonyl (C=O) groups excluding carboxylic acids is 1. The third-order valence-corrected chi connectivity index (χ3v) is 3.56. The average Bonchev–Trinajstić information content (AvgIpc) is 3.00. The van der Waals surface area contributed by atoms with Crippen LogP contribution in [0.4, 0.5) is 8.78 Å². The number of aryl methyl sites for hydroxylation is 1. The predicted octanol–water partition coefficient (Wildman–Crippen LogP) is 4.22. The molecule has 23 heavy (non-hydrogen) atoms. The molecule has 4 nitrogen and oxygen atoms in total. The number of nitrogens with one attached hydrogen (secondary N) is 1. The predicted molar refractivity (Wildman–Crippen MR) is 80.3 cm³/mol. The van der Waals surface area contributed by atoms with Crippen LogP contribution >= 0.6 is 0 Å². The van der Waals surface area contributed by atoms with E-state index in [1.54, 1.807) is 13.1 Å². The summed E-state index contributed by atoms with van der Waals surface area (Å²) in [5.41, 5.74) is 1.46. The van der Waals surface area contributed by atoms with E-state index >= 15 is 0 Å². The van der Waals surface area contributed by atoms with Gasteiger partial charge in [-0.25, -0.2) is 8.78 Å². The summed E-state index contributed by atoms with van der Waals surface area (Å²) < 4.78 is 38.0. The van der Waals surface area contributed by atoms with Gasteiger partial charge in [0.25, 0.3) is 6.47 Å². The number of aromatic amines is 1. The maximum absolute atomic E-state index is 14.2. The fourth-order valence-electron chi connectivity index (χ4n) is 2.41. The van der Waals surface area contributed by atoms with Gasteiger partial charge in [-0.05, 0) is 31.2 Å². The van der Waals surface area contributed by atoms with Gasteiger partial charge in [0.1, 0.15) is 18.2 Å². The summed E-state index contributed by atoms with van der Waals surface area (Å²) in [6.45, 7) is 1.76. The Labute approximate surface area is 130 Å². The van der Waals surface area contributed by atoms with Crippen molar-refractivity contribution in [3.05, 3.63) is 59.3 Å². The fourth-order valence-corrected chi connectivity index (χ4v) is 2.41. The highest BCUT2D eigenvalue weighted by atomic mass is 19.1. The molecular weight excluding hydrogens is 304 g/mol. The molecule has 0 saturated carbocycles. The molecule has 0 fully saturated rings. The lowest BCUT2D eigenvalue weighted by Gasteiger charge is -2.12. The van der Waals surface area contributed by atoms with E-state index in [4.69, 9.17) is 4.74 Å². The second-order valence-corrected chi connectivity index (χ2v) is 5.01. The van der Waals surface area contributed by atoms with Gasteiger partial charge in [-0.1, -0.05) is 0 Å². The molecule has 1 heterocycles. The van der Waals surface area contributed by atoms with E-state index in [-0.39, 0.29) is 30.1 Å². The molecule has 0 aliphatic heterocycles. The highest BCUT2D eigenvalue weighted by Crippen LogP contribution is 2.34. The van der Waals surface area contributed by atoms with E-state index < -0.39 is 11.6 Å². The van der Waals surface area contributed by atoms with Gasteiger partial charge in [-0.3, -0.25) is 4.79 Å². The molecule has 0 atom stereocenters. The first-order valence-electron chi connectivity index (χ1n) is 6.88. The lowest BCUT2D eigenvalue weighted by molar-refractivity contribution is -0.129. The Morgan fingerprint density at radius 2 is 2.00 bits per heavy atom. The quantitative estimate of drug-likeness (QED) is 0.717. The largest absolute Gasteiger partial charge is 0.463 e. The van der Waals surface area contributed by atoms with Crippen LogP contribution in [-0.4, -0.2) is 11.5 Å². The third-order valence-electron chi connectivity index (χ3n) is 3.56. The van der Waals surface area contributed by atoms with E-state index in [0.29, 0.717) is 11.1 Å². The lowest BCUT2D eigenvalue weighted by Crippen LogP contribution is -1.97. The second-order valence-electron chi connectivity index (χ2n) is 5.01. The van der Waals surface area contributed by atoms with Crippen LogP contribution in [0.25, 0.3) is 10.9 Å². The summed E-state index contributed by atoms with van der Waals surface area (Å²) in [4.78, 5) is 13.2. The fraction of sp³-hybridized carbons (Fsp3) is 0.118. The van der Waals surface area contributed by atoms with Gasteiger partial charge in [-0.2, -0.15) is 0 Å². The molecule has 6 heteroatoms. The number of aromatic nitrogens is 1. The van der Waals surface area contributed by atoms with E-state index in [0.717, 1.165) is 5.39 Å². The monoisotopic (exact) mass is 317 g/mol. The van der Waals surface area contributed by atoms with Crippen molar-refractivity contribution >= 4 is 17.4 Å². The Balaban J connectivity index is 1.97. The number of carbonyl (C=O) groups is 1. The number of hydrogen-bond donors (Lipinski definition) is 1. The first kappa shape index (κ1) is 15.0. The van der Waals surface area contributed by atoms with Crippen LogP contribution in [0.2, 0.25) is 0 Å². The highest BCUT2D eigenvalue weighted by Gasteiger charge is 2.14. The molecule has 0 unspecified atom stereocenters. The van der Waals surface area contributed by atoms with Crippen LogP contribution in [0.15, 0.2) is 36.5 Å². The zero-order valence-electron chi connectivity index (χ0n) is 12.2. The van der Waals surface area contributed by atoms with Crippen molar-refractivity contribution in [3.63, 3.8) is 0 Å². The normalized spacial score (nSPS) is 10.7. The number of rotatable bonds is 5. The Hall–Kier alpha value is -2.89. The summed E-state index contributed by atoms with van der Waals surface area (Å²) >= 11 is 0. The van der Waals surface area contributed by atoms with Crippen molar-refractivity contribution < 1.29 is 23.0 Å². The highest BCUT2D eigenvalue weighted by molar-refractivity contribution is 5.85. The van der Waals surface area contributed by atoms with Crippen molar-refractivity contribution in [3.8, 4) is 11.5 Å². The van der Waals surface area contributed by atoms with Crippen molar-refractivity contribution in [1.29, 1.82) is 0 Å². The Bertz CT molecular complexity index is 874. The summed E-state index contributed by atoms with van der Waals surface area (Å²) in [5, 5.41) is 0.841. The molecule has 2 aromatic carbocycles. The topological polar surface area (TPSA) is 51.3 Å². The minimum absolute atomic E-state index is 0.0750. The molecule has 0 saturated heterocycles. The van der Waals surface area contributed by atoms with Gasteiger partial charge in [0.05, 0.1) is 0 Å². The lowest BCUT2D eigenvalue weighted by atomic mass is 10.1. The van der Waals surface area contributed by atoms with E-state index in [1.807, 2.05) is 6.07 Å². The average molecular weight is 317 g/mol. The van der Waals surface area contributed by atoms with Gasteiger partial charge in [0.15, 0.2) is 11.6 Å². The Kier molecular flexibility index (Phi) is 3.97. The molecule has 3 rings (SSSR count). The molecule has 118 valence electrons. The van der Waals surface area contributed by atoms with Gasteiger partial charge in [-0.15, -0.1) is 0 Å². The van der Waals surface area contributed by atoms with Crippen molar-refractivity contribution in [2.45, 2.75) is 13.5 Å². The van der Waals surface area contributed by atoms with Crippen molar-refractivity contribution in [2.24, 2.45) is 0 Å². The van der Waals surface area contributed by atoms with Crippen molar-refractivity contribution in [1.82, 2.24) is 4.98 Å². The maximum atomic E-state index is 14.2. The third kappa shape index (κ3) is 2.88. The molecule has 3 aromatic rings. The zero-order valence-corrected chi connectivity index (χ0v) is 12.2. The molecule has 0 bridgehead atoms. The number of hydrogen-bond acceptors (Lipinski definition) is 3. The van der Waals surface area contributed by atoms with Crippen LogP contribution in [0.1, 0.15) is 11.1 Å². The van der Waals surface area contributed by atoms with Crippen LogP contribution < -0.4 is 4.74 Å². The SMILES string of the molecule is Cc1c(Oc2ccc(F)c(COC=O)c2)c(F)cc2[nH]ccc12. The first-order valence-corrected chi connectivity index (χ1v) is 6.88. The van der Waals surface area contributed by atoms with Crippen molar-refractivity contribution in [2.75, 3.05) is 0 Å². The van der Waals surface area contributed by atoms with Crippen LogP contribution in [-0.2, 0) is 16.1 Å². The van der Waals surface area contributed by atoms with E-state index in [9.17, 15) is 13.6 Å². The van der Waals surface area contributed by atoms with E-state index in [2.05, 4.69) is 9.72 Å². The minimum atomic E-state index is -0.530. The second kappa shape index (κ2) is 6.08.